The highest BCUT2D eigenvalue weighted by Gasteiger charge is 2.21. The summed E-state index contributed by atoms with van der Waals surface area (Å²) in [6, 6.07) is 5.85. The van der Waals surface area contributed by atoms with Gasteiger partial charge >= 0.3 is 5.97 Å². The van der Waals surface area contributed by atoms with Crippen LogP contribution in [0.3, 0.4) is 0 Å². The van der Waals surface area contributed by atoms with Crippen LogP contribution < -0.4 is 0 Å². The molecule has 1 aromatic rings. The van der Waals surface area contributed by atoms with E-state index in [9.17, 15) is 4.79 Å². The minimum atomic E-state index is -0.172. The summed E-state index contributed by atoms with van der Waals surface area (Å²) in [7, 11) is 0. The number of carbonyl (C=O) groups excluding carboxylic acids is 1. The van der Waals surface area contributed by atoms with Crippen molar-refractivity contribution in [2.24, 2.45) is 0 Å². The van der Waals surface area contributed by atoms with Gasteiger partial charge < -0.3 is 4.74 Å². The molecule has 0 saturated carbocycles. The molecule has 0 aliphatic heterocycles. The van der Waals surface area contributed by atoms with Crippen LogP contribution in [0, 0.1) is 0 Å². The van der Waals surface area contributed by atoms with Crippen molar-refractivity contribution in [3.63, 3.8) is 0 Å². The molecule has 0 aromatic heterocycles. The Morgan fingerprint density at radius 1 is 1.47 bits per heavy atom. The van der Waals surface area contributed by atoms with Gasteiger partial charge in [-0.1, -0.05) is 23.2 Å². The van der Waals surface area contributed by atoms with E-state index in [0.29, 0.717) is 18.1 Å². The van der Waals surface area contributed by atoms with E-state index in [1.165, 1.54) is 11.1 Å². The Kier molecular flexibility index (Phi) is 3.53. The summed E-state index contributed by atoms with van der Waals surface area (Å²) in [6.07, 6.45) is 1.24. The van der Waals surface area contributed by atoms with Gasteiger partial charge in [0, 0.05) is 5.02 Å². The van der Waals surface area contributed by atoms with Crippen LogP contribution in [0.25, 0.3) is 5.57 Å². The monoisotopic (exact) mass is 250 g/mol. The van der Waals surface area contributed by atoms with Gasteiger partial charge in [-0.15, -0.1) is 0 Å². The van der Waals surface area contributed by atoms with E-state index in [0.717, 1.165) is 17.6 Å². The van der Waals surface area contributed by atoms with Gasteiger partial charge in [0.15, 0.2) is 0 Å². The second-order valence-corrected chi connectivity index (χ2v) is 4.66. The molecule has 1 aliphatic rings. The number of fused-ring (bicyclic) bond motifs is 1. The van der Waals surface area contributed by atoms with Gasteiger partial charge in [0.25, 0.3) is 0 Å². The Balaban J connectivity index is 2.27. The molecule has 90 valence electrons. The largest absolute Gasteiger partial charge is 0.466 e. The van der Waals surface area contributed by atoms with Crippen molar-refractivity contribution in [2.45, 2.75) is 26.7 Å². The number of esters is 1. The molecule has 0 saturated heterocycles. The quantitative estimate of drug-likeness (QED) is 0.766. The van der Waals surface area contributed by atoms with Crippen molar-refractivity contribution in [3.05, 3.63) is 39.9 Å². The Bertz CT molecular complexity index is 489. The standard InChI is InChI=1S/C14H15ClO2/c1-3-17-14(16)8-12-9(2)6-10-4-5-11(15)7-13(10)12/h4-5,7H,3,6,8H2,1-2H3. The molecule has 0 fully saturated rings. The predicted molar refractivity (Wildman–Crippen MR) is 69.0 cm³/mol. The minimum absolute atomic E-state index is 0.172. The molecule has 0 N–H and O–H groups in total. The molecule has 3 heteroatoms. The average molecular weight is 251 g/mol. The highest BCUT2D eigenvalue weighted by Crippen LogP contribution is 2.36. The third-order valence-corrected chi connectivity index (χ3v) is 3.23. The van der Waals surface area contributed by atoms with E-state index >= 15 is 0 Å². The summed E-state index contributed by atoms with van der Waals surface area (Å²) in [5, 5.41) is 0.708. The fourth-order valence-electron chi connectivity index (χ4n) is 2.21. The van der Waals surface area contributed by atoms with Crippen LogP contribution in [0.4, 0.5) is 0 Å². The van der Waals surface area contributed by atoms with E-state index in [2.05, 4.69) is 6.92 Å². The highest BCUT2D eigenvalue weighted by atomic mass is 35.5. The van der Waals surface area contributed by atoms with Gasteiger partial charge in [-0.3, -0.25) is 4.79 Å². The lowest BCUT2D eigenvalue weighted by Crippen LogP contribution is -2.04. The molecule has 0 atom stereocenters. The average Bonchev–Trinajstić information content (AvgIpc) is 2.56. The van der Waals surface area contributed by atoms with Crippen LogP contribution in [0.1, 0.15) is 31.4 Å². The molecule has 0 heterocycles. The Morgan fingerprint density at radius 2 is 2.24 bits per heavy atom. The van der Waals surface area contributed by atoms with Crippen molar-refractivity contribution in [1.82, 2.24) is 0 Å². The lowest BCUT2D eigenvalue weighted by Gasteiger charge is -2.07. The fraction of sp³-hybridized carbons (Fsp3) is 0.357. The van der Waals surface area contributed by atoms with E-state index in [1.54, 1.807) is 0 Å². The molecule has 1 aliphatic carbocycles. The van der Waals surface area contributed by atoms with E-state index < -0.39 is 0 Å². The lowest BCUT2D eigenvalue weighted by atomic mass is 10.0. The summed E-state index contributed by atoms with van der Waals surface area (Å²) in [5.41, 5.74) is 4.64. The third-order valence-electron chi connectivity index (χ3n) is 2.99. The molecule has 17 heavy (non-hydrogen) atoms. The van der Waals surface area contributed by atoms with Gasteiger partial charge in [0.1, 0.15) is 0 Å². The topological polar surface area (TPSA) is 26.3 Å². The molecular weight excluding hydrogens is 236 g/mol. The molecule has 0 unspecified atom stereocenters. The van der Waals surface area contributed by atoms with Crippen molar-refractivity contribution >= 4 is 23.1 Å². The Hall–Kier alpha value is -1.28. The normalized spacial score (nSPS) is 13.8. The zero-order valence-corrected chi connectivity index (χ0v) is 10.8. The van der Waals surface area contributed by atoms with E-state index in [-0.39, 0.29) is 5.97 Å². The zero-order valence-electron chi connectivity index (χ0n) is 10.0. The smallest absolute Gasteiger partial charge is 0.310 e. The summed E-state index contributed by atoms with van der Waals surface area (Å²) in [6.45, 7) is 4.30. The van der Waals surface area contributed by atoms with Crippen LogP contribution in [-0.4, -0.2) is 12.6 Å². The predicted octanol–water partition coefficient (Wildman–Crippen LogP) is 3.62. The number of benzene rings is 1. The van der Waals surface area contributed by atoms with Crippen LogP contribution in [0.5, 0.6) is 0 Å². The second kappa shape index (κ2) is 4.92. The molecule has 0 spiro atoms. The third kappa shape index (κ3) is 2.52. The van der Waals surface area contributed by atoms with Gasteiger partial charge in [-0.25, -0.2) is 0 Å². The van der Waals surface area contributed by atoms with Crippen LogP contribution in [0.15, 0.2) is 23.8 Å². The van der Waals surface area contributed by atoms with E-state index in [1.807, 2.05) is 25.1 Å². The molecule has 1 aromatic carbocycles. The van der Waals surface area contributed by atoms with Gasteiger partial charge in [0.05, 0.1) is 13.0 Å². The van der Waals surface area contributed by atoms with Crippen LogP contribution in [0.2, 0.25) is 5.02 Å². The van der Waals surface area contributed by atoms with Crippen molar-refractivity contribution in [3.8, 4) is 0 Å². The number of halogens is 1. The van der Waals surface area contributed by atoms with Crippen molar-refractivity contribution in [2.75, 3.05) is 6.61 Å². The molecule has 2 nitrogen and oxygen atoms in total. The first-order valence-corrected chi connectivity index (χ1v) is 6.12. The molecule has 0 radical (unpaired) electrons. The summed E-state index contributed by atoms with van der Waals surface area (Å²) in [4.78, 5) is 11.5. The fourth-order valence-corrected chi connectivity index (χ4v) is 2.38. The van der Waals surface area contributed by atoms with Crippen LogP contribution >= 0.6 is 11.6 Å². The number of hydrogen-bond acceptors (Lipinski definition) is 2. The molecule has 0 bridgehead atoms. The number of carbonyl (C=O) groups is 1. The Labute approximate surface area is 106 Å². The van der Waals surface area contributed by atoms with Crippen LogP contribution in [-0.2, 0) is 16.0 Å². The van der Waals surface area contributed by atoms with Crippen molar-refractivity contribution < 1.29 is 9.53 Å². The van der Waals surface area contributed by atoms with Gasteiger partial charge in [-0.05, 0) is 49.1 Å². The SMILES string of the molecule is CCOC(=O)CC1=C(C)Cc2ccc(Cl)cc21. The summed E-state index contributed by atoms with van der Waals surface area (Å²) >= 11 is 6.00. The number of hydrogen-bond donors (Lipinski definition) is 0. The highest BCUT2D eigenvalue weighted by molar-refractivity contribution is 6.30. The minimum Gasteiger partial charge on any atom is -0.466 e. The van der Waals surface area contributed by atoms with Gasteiger partial charge in [0.2, 0.25) is 0 Å². The maximum Gasteiger partial charge on any atom is 0.310 e. The van der Waals surface area contributed by atoms with Crippen molar-refractivity contribution in [1.29, 1.82) is 0 Å². The van der Waals surface area contributed by atoms with Gasteiger partial charge in [-0.2, -0.15) is 0 Å². The second-order valence-electron chi connectivity index (χ2n) is 4.22. The first-order chi connectivity index (χ1) is 8.11. The maximum absolute atomic E-state index is 11.5. The molecular formula is C14H15ClO2. The zero-order chi connectivity index (χ0) is 12.4. The first-order valence-electron chi connectivity index (χ1n) is 5.75. The number of allylic oxidation sites excluding steroid dienone is 1. The first kappa shape index (κ1) is 12.2. The molecule has 2 rings (SSSR count). The lowest BCUT2D eigenvalue weighted by molar-refractivity contribution is -0.141. The summed E-state index contributed by atoms with van der Waals surface area (Å²) < 4.78 is 4.99. The summed E-state index contributed by atoms with van der Waals surface area (Å²) in [5.74, 6) is -0.172. The number of rotatable bonds is 3. The molecule has 0 amide bonds. The maximum atomic E-state index is 11.5. The van der Waals surface area contributed by atoms with E-state index in [4.69, 9.17) is 16.3 Å². The number of ether oxygens (including phenoxy) is 1. The Morgan fingerprint density at radius 3 is 2.94 bits per heavy atom.